The first-order chi connectivity index (χ1) is 8.87. The van der Waals surface area contributed by atoms with Gasteiger partial charge in [-0.3, -0.25) is 0 Å². The fourth-order valence-corrected chi connectivity index (χ4v) is 3.85. The highest BCUT2D eigenvalue weighted by Crippen LogP contribution is 2.62. The van der Waals surface area contributed by atoms with E-state index in [9.17, 15) is 0 Å². The minimum absolute atomic E-state index is 0.469. The average Bonchev–Trinajstić information content (AvgIpc) is 2.82. The zero-order chi connectivity index (χ0) is 12.0. The molecule has 3 aliphatic rings. The van der Waals surface area contributed by atoms with E-state index in [0.717, 1.165) is 24.8 Å². The summed E-state index contributed by atoms with van der Waals surface area (Å²) < 4.78 is 5.54. The van der Waals surface area contributed by atoms with Crippen LogP contribution >= 0.6 is 0 Å². The second kappa shape index (κ2) is 4.05. The highest BCUT2D eigenvalue weighted by atomic mass is 16.5. The van der Waals surface area contributed by atoms with Crippen molar-refractivity contribution in [2.45, 2.75) is 56.8 Å². The van der Waals surface area contributed by atoms with Crippen molar-refractivity contribution in [2.75, 3.05) is 13.1 Å². The highest BCUT2D eigenvalue weighted by molar-refractivity contribution is 5.20. The first-order valence-electron chi connectivity index (χ1n) is 7.42. The molecule has 2 unspecified atom stereocenters. The fourth-order valence-electron chi connectivity index (χ4n) is 3.85. The Morgan fingerprint density at radius 3 is 2.89 bits per heavy atom. The normalized spacial score (nSPS) is 36.3. The van der Waals surface area contributed by atoms with Gasteiger partial charge < -0.3 is 9.84 Å². The lowest BCUT2D eigenvalue weighted by Crippen LogP contribution is -2.11. The van der Waals surface area contributed by atoms with Gasteiger partial charge in [0.25, 0.3) is 0 Å². The van der Waals surface area contributed by atoms with Gasteiger partial charge in [0.2, 0.25) is 5.89 Å². The van der Waals surface area contributed by atoms with Crippen LogP contribution in [0.25, 0.3) is 0 Å². The Morgan fingerprint density at radius 2 is 2.11 bits per heavy atom. The molecule has 2 heterocycles. The van der Waals surface area contributed by atoms with Crippen molar-refractivity contribution in [3.63, 3.8) is 0 Å². The second-order valence-electron chi connectivity index (χ2n) is 6.37. The van der Waals surface area contributed by atoms with Gasteiger partial charge in [0.05, 0.1) is 0 Å². The molecule has 3 fully saturated rings. The van der Waals surface area contributed by atoms with Crippen molar-refractivity contribution in [2.24, 2.45) is 5.41 Å². The monoisotopic (exact) mass is 247 g/mol. The summed E-state index contributed by atoms with van der Waals surface area (Å²) >= 11 is 0. The van der Waals surface area contributed by atoms with Crippen LogP contribution in [0.15, 0.2) is 4.52 Å². The van der Waals surface area contributed by atoms with E-state index in [1.54, 1.807) is 0 Å². The molecule has 2 atom stereocenters. The molecule has 4 rings (SSSR count). The molecule has 4 heteroatoms. The van der Waals surface area contributed by atoms with E-state index in [1.165, 1.54) is 44.9 Å². The van der Waals surface area contributed by atoms with Crippen molar-refractivity contribution < 1.29 is 4.52 Å². The first-order valence-corrected chi connectivity index (χ1v) is 7.42. The molecule has 1 aromatic heterocycles. The second-order valence-corrected chi connectivity index (χ2v) is 6.37. The van der Waals surface area contributed by atoms with Crippen LogP contribution in [0.2, 0.25) is 0 Å². The summed E-state index contributed by atoms with van der Waals surface area (Å²) in [6, 6.07) is 0. The maximum Gasteiger partial charge on any atom is 0.230 e. The molecule has 1 spiro atoms. The SMILES string of the molecule is C1CCC(c2noc(C3CC34CCNC4)n2)CC1. The van der Waals surface area contributed by atoms with E-state index >= 15 is 0 Å². The third-order valence-electron chi connectivity index (χ3n) is 5.19. The molecule has 4 nitrogen and oxygen atoms in total. The first kappa shape index (κ1) is 11.0. The molecule has 1 aliphatic heterocycles. The van der Waals surface area contributed by atoms with Crippen molar-refractivity contribution >= 4 is 0 Å². The number of nitrogens with one attached hydrogen (secondary N) is 1. The zero-order valence-electron chi connectivity index (χ0n) is 10.8. The van der Waals surface area contributed by atoms with Gasteiger partial charge in [-0.15, -0.1) is 0 Å². The summed E-state index contributed by atoms with van der Waals surface area (Å²) in [5, 5.41) is 7.70. The minimum atomic E-state index is 0.469. The Balaban J connectivity index is 1.49. The summed E-state index contributed by atoms with van der Waals surface area (Å²) in [5.41, 5.74) is 0.469. The Labute approximate surface area is 108 Å². The smallest absolute Gasteiger partial charge is 0.230 e. The van der Waals surface area contributed by atoms with Gasteiger partial charge in [-0.1, -0.05) is 24.4 Å². The molecule has 1 aromatic rings. The maximum absolute atomic E-state index is 5.54. The molecule has 2 aliphatic carbocycles. The van der Waals surface area contributed by atoms with Crippen LogP contribution in [0.4, 0.5) is 0 Å². The molecule has 18 heavy (non-hydrogen) atoms. The van der Waals surface area contributed by atoms with Crippen LogP contribution in [0.1, 0.15) is 68.5 Å². The fraction of sp³-hybridized carbons (Fsp3) is 0.857. The third kappa shape index (κ3) is 1.69. The van der Waals surface area contributed by atoms with Gasteiger partial charge in [-0.2, -0.15) is 4.98 Å². The number of nitrogens with zero attached hydrogens (tertiary/aromatic N) is 2. The van der Waals surface area contributed by atoms with Crippen molar-refractivity contribution in [1.29, 1.82) is 0 Å². The number of rotatable bonds is 2. The molecule has 1 N–H and O–H groups in total. The molecule has 98 valence electrons. The molecule has 0 aromatic carbocycles. The maximum atomic E-state index is 5.54. The lowest BCUT2D eigenvalue weighted by atomic mass is 9.89. The van der Waals surface area contributed by atoms with Crippen LogP contribution in [-0.2, 0) is 0 Å². The van der Waals surface area contributed by atoms with Crippen molar-refractivity contribution in [1.82, 2.24) is 15.5 Å². The van der Waals surface area contributed by atoms with Crippen LogP contribution < -0.4 is 5.32 Å². The van der Waals surface area contributed by atoms with E-state index in [2.05, 4.69) is 10.5 Å². The lowest BCUT2D eigenvalue weighted by Gasteiger charge is -2.17. The van der Waals surface area contributed by atoms with Gasteiger partial charge in [-0.05, 0) is 37.6 Å². The lowest BCUT2D eigenvalue weighted by molar-refractivity contribution is 0.348. The van der Waals surface area contributed by atoms with E-state index in [-0.39, 0.29) is 0 Å². The molecule has 0 radical (unpaired) electrons. The number of aromatic nitrogens is 2. The topological polar surface area (TPSA) is 51.0 Å². The van der Waals surface area contributed by atoms with Crippen molar-refractivity contribution in [3.8, 4) is 0 Å². The largest absolute Gasteiger partial charge is 0.339 e. The van der Waals surface area contributed by atoms with E-state index in [1.807, 2.05) is 0 Å². The Morgan fingerprint density at radius 1 is 1.22 bits per heavy atom. The summed E-state index contributed by atoms with van der Waals surface area (Å²) in [4.78, 5) is 4.71. The zero-order valence-corrected chi connectivity index (χ0v) is 10.8. The Kier molecular flexibility index (Phi) is 2.47. The van der Waals surface area contributed by atoms with Gasteiger partial charge >= 0.3 is 0 Å². The van der Waals surface area contributed by atoms with Crippen LogP contribution in [-0.4, -0.2) is 23.2 Å². The summed E-state index contributed by atoms with van der Waals surface area (Å²) in [6.07, 6.45) is 9.04. The van der Waals surface area contributed by atoms with E-state index in [0.29, 0.717) is 17.3 Å². The molecular formula is C14H21N3O. The molecular weight excluding hydrogens is 226 g/mol. The predicted octanol–water partition coefficient (Wildman–Crippen LogP) is 2.58. The summed E-state index contributed by atoms with van der Waals surface area (Å²) in [6.45, 7) is 2.29. The molecule has 0 amide bonds. The number of hydrogen-bond donors (Lipinski definition) is 1. The standard InChI is InChI=1S/C14H21N3O/c1-2-4-10(5-3-1)12-16-13(18-17-12)11-8-14(11)6-7-15-9-14/h10-11,15H,1-9H2. The third-order valence-corrected chi connectivity index (χ3v) is 5.19. The summed E-state index contributed by atoms with van der Waals surface area (Å²) in [7, 11) is 0. The molecule has 0 bridgehead atoms. The summed E-state index contributed by atoms with van der Waals surface area (Å²) in [5.74, 6) is 3.00. The van der Waals surface area contributed by atoms with Gasteiger partial charge in [0.1, 0.15) is 0 Å². The molecule has 2 saturated carbocycles. The van der Waals surface area contributed by atoms with Gasteiger partial charge in [0, 0.05) is 18.4 Å². The van der Waals surface area contributed by atoms with Gasteiger partial charge in [0.15, 0.2) is 5.82 Å². The minimum Gasteiger partial charge on any atom is -0.339 e. The highest BCUT2D eigenvalue weighted by Gasteiger charge is 2.58. The van der Waals surface area contributed by atoms with E-state index < -0.39 is 0 Å². The van der Waals surface area contributed by atoms with Gasteiger partial charge in [-0.25, -0.2) is 0 Å². The molecule has 1 saturated heterocycles. The van der Waals surface area contributed by atoms with Crippen LogP contribution in [0.5, 0.6) is 0 Å². The average molecular weight is 247 g/mol. The number of hydrogen-bond acceptors (Lipinski definition) is 4. The Bertz CT molecular complexity index is 430. The van der Waals surface area contributed by atoms with Crippen molar-refractivity contribution in [3.05, 3.63) is 11.7 Å². The van der Waals surface area contributed by atoms with Crippen LogP contribution in [0.3, 0.4) is 0 Å². The quantitative estimate of drug-likeness (QED) is 0.872. The predicted molar refractivity (Wildman–Crippen MR) is 67.4 cm³/mol. The Hall–Kier alpha value is -0.900. The van der Waals surface area contributed by atoms with E-state index in [4.69, 9.17) is 9.51 Å². The van der Waals surface area contributed by atoms with Crippen LogP contribution in [0, 0.1) is 5.41 Å².